The van der Waals surface area contributed by atoms with Gasteiger partial charge in [-0.3, -0.25) is 0 Å². The molecule has 9 heteroatoms. The zero-order valence-electron chi connectivity index (χ0n) is 11.4. The highest BCUT2D eigenvalue weighted by molar-refractivity contribution is 7.91. The standard InChI is InChI=1S/C12H15N3O4S2/c1-19-12(16)10-9(14)8(6-13)11(20-10)15-7-2-4-21(17,18)5-3-7/h7,15H,2-5,14H2,1H3. The van der Waals surface area contributed by atoms with Crippen LogP contribution in [0.2, 0.25) is 0 Å². The highest BCUT2D eigenvalue weighted by Gasteiger charge is 2.27. The first-order valence-corrected chi connectivity index (χ1v) is 8.89. The lowest BCUT2D eigenvalue weighted by molar-refractivity contribution is 0.0607. The molecule has 0 saturated carbocycles. The van der Waals surface area contributed by atoms with Gasteiger partial charge in [-0.2, -0.15) is 5.26 Å². The number of nitrogens with two attached hydrogens (primary N) is 1. The predicted molar refractivity (Wildman–Crippen MR) is 80.1 cm³/mol. The number of carbonyl (C=O) groups excluding carboxylic acids is 1. The van der Waals surface area contributed by atoms with Gasteiger partial charge in [0.25, 0.3) is 0 Å². The molecule has 0 amide bonds. The van der Waals surface area contributed by atoms with Gasteiger partial charge in [0.2, 0.25) is 0 Å². The Morgan fingerprint density at radius 1 is 1.48 bits per heavy atom. The fourth-order valence-corrected chi connectivity index (χ4v) is 4.68. The smallest absolute Gasteiger partial charge is 0.350 e. The third kappa shape index (κ3) is 3.28. The van der Waals surface area contributed by atoms with Gasteiger partial charge in [0.05, 0.1) is 24.3 Å². The number of carbonyl (C=O) groups is 1. The van der Waals surface area contributed by atoms with Crippen molar-refractivity contribution in [2.75, 3.05) is 29.7 Å². The second-order valence-corrected chi connectivity index (χ2v) is 8.05. The average Bonchev–Trinajstić information content (AvgIpc) is 2.76. The van der Waals surface area contributed by atoms with Crippen LogP contribution in [0, 0.1) is 11.3 Å². The molecule has 21 heavy (non-hydrogen) atoms. The molecule has 1 aromatic rings. The van der Waals surface area contributed by atoms with E-state index in [0.29, 0.717) is 17.8 Å². The summed E-state index contributed by atoms with van der Waals surface area (Å²) in [6.45, 7) is 0. The fraction of sp³-hybridized carbons (Fsp3) is 0.500. The van der Waals surface area contributed by atoms with Crippen LogP contribution in [0.5, 0.6) is 0 Å². The van der Waals surface area contributed by atoms with E-state index in [-0.39, 0.29) is 33.7 Å². The average molecular weight is 329 g/mol. The molecular weight excluding hydrogens is 314 g/mol. The van der Waals surface area contributed by atoms with E-state index in [0.717, 1.165) is 11.3 Å². The van der Waals surface area contributed by atoms with Gasteiger partial charge in [-0.1, -0.05) is 0 Å². The molecule has 3 N–H and O–H groups in total. The van der Waals surface area contributed by atoms with E-state index in [1.165, 1.54) is 7.11 Å². The number of nitrogen functional groups attached to an aromatic ring is 1. The Bertz CT molecular complexity index is 689. The zero-order chi connectivity index (χ0) is 15.6. The molecule has 7 nitrogen and oxygen atoms in total. The van der Waals surface area contributed by atoms with E-state index in [9.17, 15) is 13.2 Å². The molecular formula is C12H15N3O4S2. The highest BCUT2D eigenvalue weighted by Crippen LogP contribution is 2.36. The van der Waals surface area contributed by atoms with Crippen molar-refractivity contribution >= 4 is 37.8 Å². The van der Waals surface area contributed by atoms with E-state index < -0.39 is 15.8 Å². The Labute approximate surface area is 126 Å². The number of thiophene rings is 1. The minimum absolute atomic E-state index is 0.0517. The Morgan fingerprint density at radius 3 is 2.62 bits per heavy atom. The van der Waals surface area contributed by atoms with Crippen LogP contribution in [0.3, 0.4) is 0 Å². The van der Waals surface area contributed by atoms with Crippen LogP contribution in [-0.4, -0.2) is 39.0 Å². The highest BCUT2D eigenvalue weighted by atomic mass is 32.2. The Morgan fingerprint density at radius 2 is 2.10 bits per heavy atom. The molecule has 1 aliphatic heterocycles. The minimum Gasteiger partial charge on any atom is -0.465 e. The second kappa shape index (κ2) is 5.91. The molecule has 114 valence electrons. The third-order valence-corrected chi connectivity index (χ3v) is 6.15. The number of esters is 1. The van der Waals surface area contributed by atoms with Gasteiger partial charge in [-0.15, -0.1) is 11.3 Å². The fourth-order valence-electron chi connectivity index (χ4n) is 2.12. The van der Waals surface area contributed by atoms with Crippen molar-refractivity contribution in [3.05, 3.63) is 10.4 Å². The monoisotopic (exact) mass is 329 g/mol. The summed E-state index contributed by atoms with van der Waals surface area (Å²) in [5, 5.41) is 12.8. The molecule has 0 unspecified atom stereocenters. The summed E-state index contributed by atoms with van der Waals surface area (Å²) in [6.07, 6.45) is 0.942. The van der Waals surface area contributed by atoms with Crippen molar-refractivity contribution in [2.45, 2.75) is 18.9 Å². The van der Waals surface area contributed by atoms with Crippen molar-refractivity contribution in [1.82, 2.24) is 0 Å². The lowest BCUT2D eigenvalue weighted by atomic mass is 10.1. The summed E-state index contributed by atoms with van der Waals surface area (Å²) < 4.78 is 27.4. The van der Waals surface area contributed by atoms with Gasteiger partial charge in [-0.25, -0.2) is 13.2 Å². The van der Waals surface area contributed by atoms with E-state index in [1.807, 2.05) is 6.07 Å². The van der Waals surface area contributed by atoms with Gasteiger partial charge < -0.3 is 15.8 Å². The van der Waals surface area contributed by atoms with E-state index in [2.05, 4.69) is 10.1 Å². The molecule has 1 aliphatic rings. The normalized spacial score (nSPS) is 17.9. The van der Waals surface area contributed by atoms with Crippen molar-refractivity contribution < 1.29 is 17.9 Å². The molecule has 1 aromatic heterocycles. The van der Waals surface area contributed by atoms with Crippen LogP contribution in [0.1, 0.15) is 28.1 Å². The molecule has 0 aliphatic carbocycles. The molecule has 0 bridgehead atoms. The van der Waals surface area contributed by atoms with E-state index in [4.69, 9.17) is 11.0 Å². The number of hydrogen-bond donors (Lipinski definition) is 2. The largest absolute Gasteiger partial charge is 0.465 e. The van der Waals surface area contributed by atoms with E-state index in [1.54, 1.807) is 0 Å². The summed E-state index contributed by atoms with van der Waals surface area (Å²) in [4.78, 5) is 11.8. The maximum atomic E-state index is 11.6. The lowest BCUT2D eigenvalue weighted by Crippen LogP contribution is -2.32. The summed E-state index contributed by atoms with van der Waals surface area (Å²) in [5.74, 6) is -0.345. The zero-order valence-corrected chi connectivity index (χ0v) is 13.0. The van der Waals surface area contributed by atoms with Crippen LogP contribution >= 0.6 is 11.3 Å². The van der Waals surface area contributed by atoms with Crippen LogP contribution < -0.4 is 11.1 Å². The summed E-state index contributed by atoms with van der Waals surface area (Å²) in [7, 11) is -1.70. The number of anilines is 2. The Hall–Kier alpha value is -1.79. The first kappa shape index (κ1) is 15.6. The van der Waals surface area contributed by atoms with Gasteiger partial charge in [0.1, 0.15) is 31.3 Å². The topological polar surface area (TPSA) is 122 Å². The Kier molecular flexibility index (Phi) is 4.39. The molecule has 2 heterocycles. The van der Waals surface area contributed by atoms with Gasteiger partial charge in [-0.05, 0) is 12.8 Å². The first-order chi connectivity index (χ1) is 9.88. The van der Waals surface area contributed by atoms with Gasteiger partial charge in [0, 0.05) is 6.04 Å². The minimum atomic E-state index is -2.94. The van der Waals surface area contributed by atoms with Crippen molar-refractivity contribution in [3.63, 3.8) is 0 Å². The van der Waals surface area contributed by atoms with E-state index >= 15 is 0 Å². The SMILES string of the molecule is COC(=O)c1sc(NC2CCS(=O)(=O)CC2)c(C#N)c1N. The predicted octanol–water partition coefficient (Wildman–Crippen LogP) is 0.978. The van der Waals surface area contributed by atoms with Crippen molar-refractivity contribution in [3.8, 4) is 6.07 Å². The maximum absolute atomic E-state index is 11.6. The number of hydrogen-bond acceptors (Lipinski definition) is 8. The quantitative estimate of drug-likeness (QED) is 0.792. The second-order valence-electron chi connectivity index (χ2n) is 4.72. The van der Waals surface area contributed by atoms with Crippen molar-refractivity contribution in [1.29, 1.82) is 5.26 Å². The number of nitrogens with zero attached hydrogens (tertiary/aromatic N) is 1. The van der Waals surface area contributed by atoms with Gasteiger partial charge >= 0.3 is 5.97 Å². The first-order valence-electron chi connectivity index (χ1n) is 6.25. The molecule has 0 aromatic carbocycles. The van der Waals surface area contributed by atoms with Crippen molar-refractivity contribution in [2.24, 2.45) is 0 Å². The van der Waals surface area contributed by atoms with Crippen LogP contribution in [0.15, 0.2) is 0 Å². The summed E-state index contributed by atoms with van der Waals surface area (Å²) in [6, 6.07) is 1.91. The number of methoxy groups -OCH3 is 1. The lowest BCUT2D eigenvalue weighted by Gasteiger charge is -2.23. The summed E-state index contributed by atoms with van der Waals surface area (Å²) in [5.41, 5.74) is 6.09. The number of sulfone groups is 1. The molecule has 2 rings (SSSR count). The molecule has 1 fully saturated rings. The number of ether oxygens (including phenoxy) is 1. The molecule has 1 saturated heterocycles. The van der Waals surface area contributed by atoms with Crippen LogP contribution in [0.4, 0.5) is 10.7 Å². The number of nitriles is 1. The molecule has 0 radical (unpaired) electrons. The third-order valence-electron chi connectivity index (χ3n) is 3.32. The van der Waals surface area contributed by atoms with Crippen LogP contribution in [0.25, 0.3) is 0 Å². The number of nitrogens with one attached hydrogen (secondary N) is 1. The summed E-state index contributed by atoms with van der Waals surface area (Å²) >= 11 is 1.05. The van der Waals surface area contributed by atoms with Crippen LogP contribution in [-0.2, 0) is 14.6 Å². The Balaban J connectivity index is 2.21. The molecule has 0 atom stereocenters. The maximum Gasteiger partial charge on any atom is 0.350 e. The molecule has 0 spiro atoms. The van der Waals surface area contributed by atoms with Gasteiger partial charge in [0.15, 0.2) is 0 Å². The number of rotatable bonds is 3.